The molecule has 0 spiro atoms. The standard InChI is InChI=1S/C53H37NS/c1-53(2)47-21-9-7-19-45(47)52-48(53)22-12-23-49(52)54(37-29-32-51-46(33-37)44-18-8-10-24-50(44)55-51)36-27-25-35(26-28-36)39-30-31-43(42-17-6-5-16-40(39)42)41-20-11-14-34-13-3-4-15-38(34)41/h3-33H,1-2H3. The van der Waals surface area contributed by atoms with Crippen LogP contribution < -0.4 is 4.90 Å². The van der Waals surface area contributed by atoms with Gasteiger partial charge in [0.05, 0.1) is 5.69 Å². The average molecular weight is 720 g/mol. The summed E-state index contributed by atoms with van der Waals surface area (Å²) >= 11 is 1.87. The highest BCUT2D eigenvalue weighted by Crippen LogP contribution is 2.54. The minimum Gasteiger partial charge on any atom is -0.310 e. The van der Waals surface area contributed by atoms with Crippen molar-refractivity contribution in [2.45, 2.75) is 19.3 Å². The van der Waals surface area contributed by atoms with Crippen LogP contribution in [0.1, 0.15) is 25.0 Å². The van der Waals surface area contributed by atoms with Gasteiger partial charge in [-0.25, -0.2) is 0 Å². The fourth-order valence-electron chi connectivity index (χ4n) is 9.24. The van der Waals surface area contributed by atoms with Crippen molar-refractivity contribution in [1.29, 1.82) is 0 Å². The lowest BCUT2D eigenvalue weighted by molar-refractivity contribution is 0.660. The van der Waals surface area contributed by atoms with Gasteiger partial charge in [-0.1, -0.05) is 159 Å². The summed E-state index contributed by atoms with van der Waals surface area (Å²) in [5.74, 6) is 0. The summed E-state index contributed by atoms with van der Waals surface area (Å²) in [6, 6.07) is 69.6. The van der Waals surface area contributed by atoms with Crippen molar-refractivity contribution in [3.05, 3.63) is 199 Å². The van der Waals surface area contributed by atoms with Gasteiger partial charge in [-0.15, -0.1) is 11.3 Å². The monoisotopic (exact) mass is 719 g/mol. The summed E-state index contributed by atoms with van der Waals surface area (Å²) in [7, 11) is 0. The molecule has 0 aliphatic heterocycles. The van der Waals surface area contributed by atoms with Crippen LogP contribution in [0.5, 0.6) is 0 Å². The molecule has 0 bridgehead atoms. The zero-order valence-corrected chi connectivity index (χ0v) is 31.6. The van der Waals surface area contributed by atoms with Gasteiger partial charge in [-0.05, 0) is 103 Å². The highest BCUT2D eigenvalue weighted by molar-refractivity contribution is 7.25. The summed E-state index contributed by atoms with van der Waals surface area (Å²) in [4.78, 5) is 2.48. The Bertz CT molecular complexity index is 3120. The van der Waals surface area contributed by atoms with Crippen molar-refractivity contribution in [3.63, 3.8) is 0 Å². The van der Waals surface area contributed by atoms with E-state index in [1.807, 2.05) is 11.3 Å². The van der Waals surface area contributed by atoms with Gasteiger partial charge in [-0.3, -0.25) is 0 Å². The summed E-state index contributed by atoms with van der Waals surface area (Å²) in [5.41, 5.74) is 13.7. The SMILES string of the molecule is CC1(C)c2ccccc2-c2c(N(c3ccc(-c4ccc(-c5cccc6ccccc56)c5ccccc45)cc3)c3ccc4sc5ccccc5c4c3)cccc21. The second-order valence-corrected chi connectivity index (χ2v) is 16.3. The van der Waals surface area contributed by atoms with E-state index in [1.165, 1.54) is 91.9 Å². The topological polar surface area (TPSA) is 3.24 Å². The summed E-state index contributed by atoms with van der Waals surface area (Å²) < 4.78 is 2.63. The maximum absolute atomic E-state index is 2.48. The molecular formula is C53H37NS. The quantitative estimate of drug-likeness (QED) is 0.171. The fourth-order valence-corrected chi connectivity index (χ4v) is 10.3. The van der Waals surface area contributed by atoms with E-state index in [0.717, 1.165) is 11.4 Å². The third-order valence-corrected chi connectivity index (χ3v) is 13.0. The molecule has 0 amide bonds. The van der Waals surface area contributed by atoms with Crippen LogP contribution in [0.25, 0.3) is 75.1 Å². The van der Waals surface area contributed by atoms with E-state index < -0.39 is 0 Å². The summed E-state index contributed by atoms with van der Waals surface area (Å²) in [6.45, 7) is 4.72. The molecule has 0 N–H and O–H groups in total. The largest absolute Gasteiger partial charge is 0.310 e. The van der Waals surface area contributed by atoms with E-state index in [9.17, 15) is 0 Å². The molecule has 0 atom stereocenters. The van der Waals surface area contributed by atoms with Crippen molar-refractivity contribution in [2.75, 3.05) is 4.90 Å². The minimum absolute atomic E-state index is 0.0930. The first-order chi connectivity index (χ1) is 27.0. The number of nitrogens with zero attached hydrogens (tertiary/aromatic N) is 1. The predicted octanol–water partition coefficient (Wildman–Crippen LogP) is 15.5. The van der Waals surface area contributed by atoms with Gasteiger partial charge in [0.1, 0.15) is 0 Å². The maximum atomic E-state index is 2.48. The Morgan fingerprint density at radius 3 is 1.84 bits per heavy atom. The maximum Gasteiger partial charge on any atom is 0.0543 e. The first-order valence-electron chi connectivity index (χ1n) is 19.1. The molecule has 260 valence electrons. The Labute approximate surface area is 325 Å². The molecule has 1 aliphatic rings. The number of fused-ring (bicyclic) bond motifs is 8. The first-order valence-corrected chi connectivity index (χ1v) is 19.9. The molecule has 1 heterocycles. The Morgan fingerprint density at radius 2 is 0.982 bits per heavy atom. The zero-order valence-electron chi connectivity index (χ0n) is 30.8. The highest BCUT2D eigenvalue weighted by atomic mass is 32.1. The molecule has 1 aliphatic carbocycles. The molecule has 55 heavy (non-hydrogen) atoms. The average Bonchev–Trinajstić information content (AvgIpc) is 3.72. The first kappa shape index (κ1) is 32.0. The van der Waals surface area contributed by atoms with Gasteiger partial charge in [0.15, 0.2) is 0 Å². The van der Waals surface area contributed by atoms with Crippen LogP contribution in [-0.4, -0.2) is 0 Å². The smallest absolute Gasteiger partial charge is 0.0543 e. The second kappa shape index (κ2) is 12.3. The molecule has 0 unspecified atom stereocenters. The lowest BCUT2D eigenvalue weighted by atomic mass is 9.82. The predicted molar refractivity (Wildman–Crippen MR) is 237 cm³/mol. The lowest BCUT2D eigenvalue weighted by Gasteiger charge is -2.29. The van der Waals surface area contributed by atoms with Crippen molar-refractivity contribution >= 4 is 70.1 Å². The van der Waals surface area contributed by atoms with Gasteiger partial charge in [-0.2, -0.15) is 0 Å². The van der Waals surface area contributed by atoms with E-state index in [-0.39, 0.29) is 5.41 Å². The summed E-state index contributed by atoms with van der Waals surface area (Å²) in [6.07, 6.45) is 0. The van der Waals surface area contributed by atoms with Crippen molar-refractivity contribution in [3.8, 4) is 33.4 Å². The third kappa shape index (κ3) is 4.92. The Kier molecular flexibility index (Phi) is 7.14. The zero-order chi connectivity index (χ0) is 36.7. The number of thiophene rings is 1. The van der Waals surface area contributed by atoms with E-state index >= 15 is 0 Å². The highest BCUT2D eigenvalue weighted by Gasteiger charge is 2.37. The minimum atomic E-state index is -0.0930. The van der Waals surface area contributed by atoms with Crippen LogP contribution in [0.2, 0.25) is 0 Å². The molecule has 0 saturated carbocycles. The van der Waals surface area contributed by atoms with Gasteiger partial charge < -0.3 is 4.90 Å². The van der Waals surface area contributed by atoms with E-state index in [2.05, 4.69) is 207 Å². The number of hydrogen-bond acceptors (Lipinski definition) is 2. The summed E-state index contributed by atoms with van der Waals surface area (Å²) in [5, 5.41) is 7.66. The second-order valence-electron chi connectivity index (χ2n) is 15.3. The van der Waals surface area contributed by atoms with E-state index in [1.54, 1.807) is 0 Å². The van der Waals surface area contributed by atoms with Crippen LogP contribution >= 0.6 is 11.3 Å². The molecule has 0 fully saturated rings. The fraction of sp³-hybridized carbons (Fsp3) is 0.0566. The van der Waals surface area contributed by atoms with Crippen LogP contribution in [0, 0.1) is 0 Å². The van der Waals surface area contributed by atoms with Gasteiger partial charge >= 0.3 is 0 Å². The van der Waals surface area contributed by atoms with Crippen LogP contribution in [-0.2, 0) is 5.41 Å². The Morgan fingerprint density at radius 1 is 0.400 bits per heavy atom. The van der Waals surface area contributed by atoms with Crippen LogP contribution in [0.3, 0.4) is 0 Å². The van der Waals surface area contributed by atoms with Crippen molar-refractivity contribution in [2.24, 2.45) is 0 Å². The molecular weight excluding hydrogens is 683 g/mol. The molecule has 1 nitrogen and oxygen atoms in total. The normalized spacial score (nSPS) is 13.1. The number of hydrogen-bond donors (Lipinski definition) is 0. The molecule has 9 aromatic carbocycles. The Balaban J connectivity index is 1.08. The Hall–Kier alpha value is -6.48. The molecule has 2 heteroatoms. The van der Waals surface area contributed by atoms with Crippen LogP contribution in [0.4, 0.5) is 17.1 Å². The molecule has 1 aromatic heterocycles. The molecule has 10 aromatic rings. The van der Waals surface area contributed by atoms with Crippen molar-refractivity contribution < 1.29 is 0 Å². The van der Waals surface area contributed by atoms with Crippen LogP contribution in [0.15, 0.2) is 188 Å². The van der Waals surface area contributed by atoms with Gasteiger partial charge in [0.25, 0.3) is 0 Å². The number of anilines is 3. The number of rotatable bonds is 5. The van der Waals surface area contributed by atoms with E-state index in [4.69, 9.17) is 0 Å². The van der Waals surface area contributed by atoms with Crippen molar-refractivity contribution in [1.82, 2.24) is 0 Å². The third-order valence-electron chi connectivity index (χ3n) is 11.9. The van der Waals surface area contributed by atoms with E-state index in [0.29, 0.717) is 0 Å². The van der Waals surface area contributed by atoms with Gasteiger partial charge in [0.2, 0.25) is 0 Å². The molecule has 0 saturated heterocycles. The molecule has 11 rings (SSSR count). The lowest BCUT2D eigenvalue weighted by Crippen LogP contribution is -2.16. The number of benzene rings is 9. The molecule has 0 radical (unpaired) electrons. The van der Waals surface area contributed by atoms with Gasteiger partial charge in [0, 0.05) is 42.5 Å².